The van der Waals surface area contributed by atoms with Crippen LogP contribution in [0.15, 0.2) is 16.8 Å². The number of carbonyl (C=O) groups is 1. The fourth-order valence-corrected chi connectivity index (χ4v) is 2.80. The summed E-state index contributed by atoms with van der Waals surface area (Å²) in [5, 5.41) is 8.27. The lowest BCUT2D eigenvalue weighted by molar-refractivity contribution is -0.132. The van der Waals surface area contributed by atoms with E-state index in [1.807, 2.05) is 18.7 Å². The summed E-state index contributed by atoms with van der Waals surface area (Å²) in [6, 6.07) is 0. The van der Waals surface area contributed by atoms with Gasteiger partial charge in [0.15, 0.2) is 0 Å². The summed E-state index contributed by atoms with van der Waals surface area (Å²) in [4.78, 5) is 22.3. The van der Waals surface area contributed by atoms with Crippen molar-refractivity contribution in [3.05, 3.63) is 24.1 Å². The van der Waals surface area contributed by atoms with Crippen LogP contribution in [0.1, 0.15) is 50.2 Å². The smallest absolute Gasteiger partial charge is 0.250 e. The van der Waals surface area contributed by atoms with E-state index < -0.39 is 0 Å². The lowest BCUT2D eigenvalue weighted by atomic mass is 9.97. The molecule has 0 aliphatic carbocycles. The molecule has 0 bridgehead atoms. The Morgan fingerprint density at radius 3 is 2.87 bits per heavy atom. The predicted octanol–water partition coefficient (Wildman–Crippen LogP) is 2.34. The zero-order valence-electron chi connectivity index (χ0n) is 13.5. The van der Waals surface area contributed by atoms with E-state index in [4.69, 9.17) is 4.42 Å². The van der Waals surface area contributed by atoms with Gasteiger partial charge in [-0.05, 0) is 26.2 Å². The Bertz CT molecular complexity index is 667. The standard InChI is InChI=1S/C16H21N5O2/c1-3-5-14(22)21-7-4-6-12(10-21)15-19-20-16(23-15)13-8-17-11(2)18-9-13/h8-9,12H,3-7,10H2,1-2H3/t12-/m0/s1. The van der Waals surface area contributed by atoms with Gasteiger partial charge in [-0.3, -0.25) is 4.79 Å². The molecular formula is C16H21N5O2. The maximum absolute atomic E-state index is 12.1. The van der Waals surface area contributed by atoms with Crippen molar-refractivity contribution in [2.45, 2.75) is 45.4 Å². The molecule has 122 valence electrons. The number of amides is 1. The summed E-state index contributed by atoms with van der Waals surface area (Å²) >= 11 is 0. The Hall–Kier alpha value is -2.31. The quantitative estimate of drug-likeness (QED) is 0.861. The molecule has 1 saturated heterocycles. The molecule has 0 unspecified atom stereocenters. The summed E-state index contributed by atoms with van der Waals surface area (Å²) in [6.07, 6.45) is 6.75. The number of rotatable bonds is 4. The minimum Gasteiger partial charge on any atom is -0.420 e. The van der Waals surface area contributed by atoms with Gasteiger partial charge in [0.2, 0.25) is 11.8 Å². The zero-order chi connectivity index (χ0) is 16.2. The summed E-state index contributed by atoms with van der Waals surface area (Å²) in [7, 11) is 0. The van der Waals surface area contributed by atoms with Crippen LogP contribution in [-0.4, -0.2) is 44.1 Å². The molecule has 1 aliphatic rings. The minimum absolute atomic E-state index is 0.108. The number of aromatic nitrogens is 4. The molecule has 2 aromatic rings. The molecule has 0 radical (unpaired) electrons. The van der Waals surface area contributed by atoms with Gasteiger partial charge < -0.3 is 9.32 Å². The fourth-order valence-electron chi connectivity index (χ4n) is 2.80. The second-order valence-corrected chi connectivity index (χ2v) is 5.89. The van der Waals surface area contributed by atoms with Gasteiger partial charge in [0.1, 0.15) is 5.82 Å². The molecule has 7 heteroatoms. The molecule has 0 N–H and O–H groups in total. The second kappa shape index (κ2) is 6.85. The van der Waals surface area contributed by atoms with Crippen LogP contribution in [0.3, 0.4) is 0 Å². The van der Waals surface area contributed by atoms with Gasteiger partial charge in [-0.25, -0.2) is 9.97 Å². The number of carbonyl (C=O) groups excluding carboxylic acids is 1. The first-order valence-electron chi connectivity index (χ1n) is 8.07. The van der Waals surface area contributed by atoms with Crippen molar-refractivity contribution in [3.63, 3.8) is 0 Å². The first-order valence-corrected chi connectivity index (χ1v) is 8.07. The first-order chi connectivity index (χ1) is 11.2. The molecule has 1 aliphatic heterocycles. The third-order valence-corrected chi connectivity index (χ3v) is 4.06. The number of likely N-dealkylation sites (tertiary alicyclic amines) is 1. The second-order valence-electron chi connectivity index (χ2n) is 5.89. The van der Waals surface area contributed by atoms with Gasteiger partial charge in [-0.2, -0.15) is 0 Å². The van der Waals surface area contributed by atoms with Crippen molar-refractivity contribution in [2.24, 2.45) is 0 Å². The van der Waals surface area contributed by atoms with Crippen molar-refractivity contribution in [1.29, 1.82) is 0 Å². The molecule has 23 heavy (non-hydrogen) atoms. The molecule has 1 fully saturated rings. The molecule has 1 amide bonds. The van der Waals surface area contributed by atoms with Gasteiger partial charge >= 0.3 is 0 Å². The number of aryl methyl sites for hydroxylation is 1. The Labute approximate surface area is 135 Å². The van der Waals surface area contributed by atoms with Crippen molar-refractivity contribution in [2.75, 3.05) is 13.1 Å². The SMILES string of the molecule is CCCC(=O)N1CCC[C@H](c2nnc(-c3cnc(C)nc3)o2)C1. The number of nitrogens with zero attached hydrogens (tertiary/aromatic N) is 5. The van der Waals surface area contributed by atoms with E-state index in [9.17, 15) is 4.79 Å². The van der Waals surface area contributed by atoms with Crippen LogP contribution in [0.25, 0.3) is 11.5 Å². The molecule has 0 saturated carbocycles. The lowest BCUT2D eigenvalue weighted by Gasteiger charge is -2.31. The highest BCUT2D eigenvalue weighted by Crippen LogP contribution is 2.28. The van der Waals surface area contributed by atoms with Gasteiger partial charge in [0.25, 0.3) is 5.89 Å². The molecular weight excluding hydrogens is 294 g/mol. The van der Waals surface area contributed by atoms with Crippen LogP contribution in [-0.2, 0) is 4.79 Å². The Morgan fingerprint density at radius 2 is 2.13 bits per heavy atom. The molecule has 0 spiro atoms. The van der Waals surface area contributed by atoms with E-state index in [0.29, 0.717) is 36.1 Å². The topological polar surface area (TPSA) is 85.0 Å². The molecule has 3 heterocycles. The average Bonchev–Trinajstić information content (AvgIpc) is 3.06. The molecule has 1 atom stereocenters. The number of hydrogen-bond donors (Lipinski definition) is 0. The maximum atomic E-state index is 12.1. The van der Waals surface area contributed by atoms with Crippen LogP contribution < -0.4 is 0 Å². The highest BCUT2D eigenvalue weighted by molar-refractivity contribution is 5.76. The van der Waals surface area contributed by atoms with Crippen molar-refractivity contribution < 1.29 is 9.21 Å². The monoisotopic (exact) mass is 315 g/mol. The first kappa shape index (κ1) is 15.6. The summed E-state index contributed by atoms with van der Waals surface area (Å²) < 4.78 is 5.80. The zero-order valence-corrected chi connectivity index (χ0v) is 13.5. The maximum Gasteiger partial charge on any atom is 0.250 e. The Kier molecular flexibility index (Phi) is 4.64. The summed E-state index contributed by atoms with van der Waals surface area (Å²) in [6.45, 7) is 5.33. The molecule has 0 aromatic carbocycles. The molecule has 2 aromatic heterocycles. The van der Waals surface area contributed by atoms with Crippen molar-refractivity contribution in [1.82, 2.24) is 25.1 Å². The molecule has 3 rings (SSSR count). The van der Waals surface area contributed by atoms with Gasteiger partial charge in [0, 0.05) is 31.9 Å². The van der Waals surface area contributed by atoms with Crippen LogP contribution in [0.2, 0.25) is 0 Å². The number of piperidine rings is 1. The third kappa shape index (κ3) is 3.55. The van der Waals surface area contributed by atoms with E-state index in [2.05, 4.69) is 20.2 Å². The van der Waals surface area contributed by atoms with Gasteiger partial charge in [-0.1, -0.05) is 6.92 Å². The van der Waals surface area contributed by atoms with Crippen LogP contribution in [0.4, 0.5) is 0 Å². The highest BCUT2D eigenvalue weighted by Gasteiger charge is 2.28. The Balaban J connectivity index is 1.72. The minimum atomic E-state index is 0.108. The molecule has 7 nitrogen and oxygen atoms in total. The van der Waals surface area contributed by atoms with Gasteiger partial charge in [-0.15, -0.1) is 10.2 Å². The lowest BCUT2D eigenvalue weighted by Crippen LogP contribution is -2.39. The van der Waals surface area contributed by atoms with E-state index in [-0.39, 0.29) is 11.8 Å². The largest absolute Gasteiger partial charge is 0.420 e. The van der Waals surface area contributed by atoms with Crippen LogP contribution >= 0.6 is 0 Å². The average molecular weight is 315 g/mol. The third-order valence-electron chi connectivity index (χ3n) is 4.06. The van der Waals surface area contributed by atoms with Crippen molar-refractivity contribution >= 4 is 5.91 Å². The normalized spacial score (nSPS) is 18.2. The predicted molar refractivity (Wildman–Crippen MR) is 83.5 cm³/mol. The van der Waals surface area contributed by atoms with Gasteiger partial charge in [0.05, 0.1) is 11.5 Å². The number of hydrogen-bond acceptors (Lipinski definition) is 6. The highest BCUT2D eigenvalue weighted by atomic mass is 16.4. The van der Waals surface area contributed by atoms with Crippen LogP contribution in [0.5, 0.6) is 0 Å². The van der Waals surface area contributed by atoms with E-state index in [1.165, 1.54) is 0 Å². The summed E-state index contributed by atoms with van der Waals surface area (Å²) in [5.74, 6) is 2.04. The van der Waals surface area contributed by atoms with Crippen LogP contribution in [0, 0.1) is 6.92 Å². The van der Waals surface area contributed by atoms with E-state index in [0.717, 1.165) is 25.8 Å². The van der Waals surface area contributed by atoms with E-state index >= 15 is 0 Å². The fraction of sp³-hybridized carbons (Fsp3) is 0.562. The summed E-state index contributed by atoms with van der Waals surface area (Å²) in [5.41, 5.74) is 0.712. The Morgan fingerprint density at radius 1 is 1.35 bits per heavy atom. The van der Waals surface area contributed by atoms with Crippen molar-refractivity contribution in [3.8, 4) is 11.5 Å². The van der Waals surface area contributed by atoms with E-state index in [1.54, 1.807) is 12.4 Å².